The number of rotatable bonds is 4. The van der Waals surface area contributed by atoms with Gasteiger partial charge in [0.1, 0.15) is 18.1 Å². The van der Waals surface area contributed by atoms with E-state index in [0.29, 0.717) is 0 Å². The second-order valence-electron chi connectivity index (χ2n) is 3.62. The van der Waals surface area contributed by atoms with Crippen molar-refractivity contribution in [2.24, 2.45) is 0 Å². The van der Waals surface area contributed by atoms with Crippen LogP contribution < -0.4 is 0 Å². The molecule has 0 N–H and O–H groups in total. The number of hydrogen-bond acceptors (Lipinski definition) is 5. The van der Waals surface area contributed by atoms with E-state index >= 15 is 0 Å². The van der Waals surface area contributed by atoms with Crippen LogP contribution in [0.4, 0.5) is 8.78 Å². The molecule has 5 nitrogen and oxygen atoms in total. The highest BCUT2D eigenvalue weighted by atomic mass is 19.1. The van der Waals surface area contributed by atoms with Gasteiger partial charge in [0.25, 0.3) is 0 Å². The highest BCUT2D eigenvalue weighted by Gasteiger charge is 2.16. The van der Waals surface area contributed by atoms with E-state index in [2.05, 4.69) is 10.1 Å². The molecular weight excluding hydrogens is 258 g/mol. The quantitative estimate of drug-likeness (QED) is 0.795. The Morgan fingerprint density at radius 2 is 2.21 bits per heavy atom. The van der Waals surface area contributed by atoms with Crippen LogP contribution in [0.5, 0.6) is 0 Å². The molecule has 100 valence electrons. The minimum Gasteiger partial charge on any atom is -0.466 e. The monoisotopic (exact) mass is 268 g/mol. The van der Waals surface area contributed by atoms with Crippen molar-refractivity contribution < 1.29 is 22.8 Å². The minimum absolute atomic E-state index is 0.0166. The molecule has 1 heterocycles. The molecule has 0 radical (unpaired) electrons. The molecular formula is C12H10F2N2O3. The van der Waals surface area contributed by atoms with E-state index in [1.54, 1.807) is 6.92 Å². The largest absolute Gasteiger partial charge is 0.466 e. The topological polar surface area (TPSA) is 65.2 Å². The number of halogens is 2. The minimum atomic E-state index is -0.676. The normalized spacial score (nSPS) is 10.5. The van der Waals surface area contributed by atoms with Crippen LogP contribution in [0.15, 0.2) is 22.7 Å². The van der Waals surface area contributed by atoms with E-state index in [9.17, 15) is 13.6 Å². The first-order valence-corrected chi connectivity index (χ1v) is 5.53. The molecule has 0 saturated carbocycles. The van der Waals surface area contributed by atoms with E-state index in [1.165, 1.54) is 0 Å². The zero-order valence-electron chi connectivity index (χ0n) is 10.0. The number of nitrogens with zero attached hydrogens (tertiary/aromatic N) is 2. The van der Waals surface area contributed by atoms with E-state index < -0.39 is 17.6 Å². The predicted molar refractivity (Wildman–Crippen MR) is 60.0 cm³/mol. The van der Waals surface area contributed by atoms with Gasteiger partial charge in [-0.3, -0.25) is 4.79 Å². The van der Waals surface area contributed by atoms with Gasteiger partial charge in [0.2, 0.25) is 11.7 Å². The summed E-state index contributed by atoms with van der Waals surface area (Å²) in [7, 11) is 0. The van der Waals surface area contributed by atoms with Crippen LogP contribution >= 0.6 is 0 Å². The van der Waals surface area contributed by atoms with Crippen LogP contribution in [-0.2, 0) is 16.0 Å². The molecule has 1 aromatic carbocycles. The highest BCUT2D eigenvalue weighted by molar-refractivity contribution is 5.71. The molecule has 0 unspecified atom stereocenters. The van der Waals surface area contributed by atoms with E-state index in [0.717, 1.165) is 18.2 Å². The van der Waals surface area contributed by atoms with Gasteiger partial charge in [0, 0.05) is 0 Å². The lowest BCUT2D eigenvalue weighted by Crippen LogP contribution is -2.07. The van der Waals surface area contributed by atoms with Crippen molar-refractivity contribution >= 4 is 5.97 Å². The van der Waals surface area contributed by atoms with Crippen LogP contribution in [0, 0.1) is 11.6 Å². The number of esters is 1. The fourth-order valence-electron chi connectivity index (χ4n) is 1.44. The fourth-order valence-corrected chi connectivity index (χ4v) is 1.44. The maximum atomic E-state index is 13.5. The SMILES string of the molecule is CCOC(=O)Cc1nc(-c2cc(F)ccc2F)no1. The van der Waals surface area contributed by atoms with Gasteiger partial charge in [-0.2, -0.15) is 4.98 Å². The Balaban J connectivity index is 2.21. The van der Waals surface area contributed by atoms with Crippen LogP contribution in [0.2, 0.25) is 0 Å². The van der Waals surface area contributed by atoms with E-state index in [4.69, 9.17) is 9.26 Å². The summed E-state index contributed by atoms with van der Waals surface area (Å²) < 4.78 is 36.0. The second kappa shape index (κ2) is 5.55. The lowest BCUT2D eigenvalue weighted by molar-refractivity contribution is -0.142. The van der Waals surface area contributed by atoms with Crippen molar-refractivity contribution in [2.45, 2.75) is 13.3 Å². The molecule has 0 spiro atoms. The number of ether oxygens (including phenoxy) is 1. The molecule has 0 bridgehead atoms. The molecule has 0 aliphatic heterocycles. The summed E-state index contributed by atoms with van der Waals surface area (Å²) in [5, 5.41) is 3.50. The summed E-state index contributed by atoms with van der Waals surface area (Å²) in [6.45, 7) is 1.90. The van der Waals surface area contributed by atoms with E-state index in [-0.39, 0.29) is 30.3 Å². The Hall–Kier alpha value is -2.31. The maximum Gasteiger partial charge on any atom is 0.315 e. The molecule has 0 saturated heterocycles. The van der Waals surface area contributed by atoms with Gasteiger partial charge < -0.3 is 9.26 Å². The van der Waals surface area contributed by atoms with Gasteiger partial charge in [-0.25, -0.2) is 8.78 Å². The van der Waals surface area contributed by atoms with Crippen molar-refractivity contribution in [2.75, 3.05) is 6.61 Å². The summed E-state index contributed by atoms with van der Waals surface area (Å²) in [5.41, 5.74) is -0.126. The molecule has 0 aliphatic rings. The Kier molecular flexibility index (Phi) is 3.84. The zero-order chi connectivity index (χ0) is 13.8. The van der Waals surface area contributed by atoms with Crippen LogP contribution in [0.25, 0.3) is 11.4 Å². The summed E-state index contributed by atoms with van der Waals surface area (Å²) in [4.78, 5) is 15.0. The Bertz CT molecular complexity index is 598. The fraction of sp³-hybridized carbons (Fsp3) is 0.250. The molecule has 0 aliphatic carbocycles. The first-order valence-electron chi connectivity index (χ1n) is 5.53. The third-order valence-corrected chi connectivity index (χ3v) is 2.24. The van der Waals surface area contributed by atoms with Gasteiger partial charge in [-0.1, -0.05) is 5.16 Å². The molecule has 19 heavy (non-hydrogen) atoms. The van der Waals surface area contributed by atoms with Gasteiger partial charge in [-0.05, 0) is 25.1 Å². The molecule has 0 atom stereocenters. The number of carbonyl (C=O) groups excluding carboxylic acids is 1. The molecule has 7 heteroatoms. The summed E-state index contributed by atoms with van der Waals surface area (Å²) in [5.74, 6) is -1.95. The second-order valence-corrected chi connectivity index (χ2v) is 3.62. The summed E-state index contributed by atoms with van der Waals surface area (Å²) in [6, 6.07) is 2.90. The average Bonchev–Trinajstić information content (AvgIpc) is 2.81. The summed E-state index contributed by atoms with van der Waals surface area (Å²) >= 11 is 0. The number of hydrogen-bond donors (Lipinski definition) is 0. The number of aromatic nitrogens is 2. The third-order valence-electron chi connectivity index (χ3n) is 2.24. The van der Waals surface area contributed by atoms with Crippen molar-refractivity contribution in [1.29, 1.82) is 0 Å². The van der Waals surface area contributed by atoms with Gasteiger partial charge >= 0.3 is 5.97 Å². The maximum absolute atomic E-state index is 13.5. The van der Waals surface area contributed by atoms with Crippen molar-refractivity contribution in [3.8, 4) is 11.4 Å². The molecule has 2 rings (SSSR count). The molecule has 0 amide bonds. The lowest BCUT2D eigenvalue weighted by atomic mass is 10.2. The lowest BCUT2D eigenvalue weighted by Gasteiger charge is -1.97. The smallest absolute Gasteiger partial charge is 0.315 e. The molecule has 2 aromatic rings. The standard InChI is InChI=1S/C12H10F2N2O3/c1-2-18-11(17)6-10-15-12(16-19-10)8-5-7(13)3-4-9(8)14/h3-5H,2,6H2,1H3. The number of carbonyl (C=O) groups is 1. The van der Waals surface area contributed by atoms with Crippen molar-refractivity contribution in [3.05, 3.63) is 35.7 Å². The van der Waals surface area contributed by atoms with Gasteiger partial charge in [-0.15, -0.1) is 0 Å². The zero-order valence-corrected chi connectivity index (χ0v) is 10.0. The first kappa shape index (κ1) is 13.1. The Labute approximate surface area is 107 Å². The van der Waals surface area contributed by atoms with Gasteiger partial charge in [0.15, 0.2) is 0 Å². The van der Waals surface area contributed by atoms with Crippen LogP contribution in [0.1, 0.15) is 12.8 Å². The summed E-state index contributed by atoms with van der Waals surface area (Å²) in [6.07, 6.45) is -0.211. The third kappa shape index (κ3) is 3.12. The predicted octanol–water partition coefficient (Wildman–Crippen LogP) is 2.12. The average molecular weight is 268 g/mol. The van der Waals surface area contributed by atoms with Crippen molar-refractivity contribution in [3.63, 3.8) is 0 Å². The first-order chi connectivity index (χ1) is 9.10. The van der Waals surface area contributed by atoms with Crippen molar-refractivity contribution in [1.82, 2.24) is 10.1 Å². The van der Waals surface area contributed by atoms with Crippen LogP contribution in [-0.4, -0.2) is 22.7 Å². The van der Waals surface area contributed by atoms with Gasteiger partial charge in [0.05, 0.1) is 12.2 Å². The Morgan fingerprint density at radius 3 is 2.95 bits per heavy atom. The molecule has 1 aromatic heterocycles. The number of benzene rings is 1. The Morgan fingerprint density at radius 1 is 1.42 bits per heavy atom. The van der Waals surface area contributed by atoms with Crippen LogP contribution in [0.3, 0.4) is 0 Å². The molecule has 0 fully saturated rings. The van der Waals surface area contributed by atoms with E-state index in [1.807, 2.05) is 0 Å². The highest BCUT2D eigenvalue weighted by Crippen LogP contribution is 2.20.